The van der Waals surface area contributed by atoms with Gasteiger partial charge in [0.25, 0.3) is 12.6 Å². The summed E-state index contributed by atoms with van der Waals surface area (Å²) in [6.45, 7) is 0.146. The molecule has 3 fully saturated rings. The Morgan fingerprint density at radius 3 is 2.25 bits per heavy atom. The van der Waals surface area contributed by atoms with Gasteiger partial charge in [-0.05, 0) is 0 Å². The summed E-state index contributed by atoms with van der Waals surface area (Å²) in [6, 6.07) is 0. The maximum atomic E-state index is 11.4. The number of fused-ring (bicyclic) bond motifs is 3. The molecule has 20 heavy (non-hydrogen) atoms. The van der Waals surface area contributed by atoms with Crippen molar-refractivity contribution >= 4 is 11.9 Å². The van der Waals surface area contributed by atoms with Crippen LogP contribution in [0.25, 0.3) is 0 Å². The smallest absolute Gasteiger partial charge is 0.363 e. The molecule has 0 saturated carbocycles. The van der Waals surface area contributed by atoms with Crippen molar-refractivity contribution in [2.45, 2.75) is 37.2 Å². The zero-order valence-electron chi connectivity index (χ0n) is 10.8. The SMILES string of the molecule is COC(=O)C1OCC2OC3OC(C(=O)OC)OC3C2O1. The van der Waals surface area contributed by atoms with E-state index in [0.29, 0.717) is 0 Å². The van der Waals surface area contributed by atoms with Crippen molar-refractivity contribution in [2.75, 3.05) is 20.8 Å². The van der Waals surface area contributed by atoms with E-state index in [4.69, 9.17) is 23.7 Å². The molecule has 9 heteroatoms. The number of carbonyl (C=O) groups excluding carboxylic acids is 2. The predicted octanol–water partition coefficient (Wildman–Crippen LogP) is -1.46. The number of rotatable bonds is 2. The first kappa shape index (κ1) is 13.7. The average Bonchev–Trinajstić information content (AvgIpc) is 3.02. The number of ether oxygens (including phenoxy) is 7. The largest absolute Gasteiger partial charge is 0.465 e. The summed E-state index contributed by atoms with van der Waals surface area (Å²) in [7, 11) is 2.46. The molecule has 0 aliphatic carbocycles. The van der Waals surface area contributed by atoms with Crippen molar-refractivity contribution in [1.29, 1.82) is 0 Å². The number of carbonyl (C=O) groups is 2. The number of esters is 2. The molecule has 0 aromatic heterocycles. The highest BCUT2D eigenvalue weighted by atomic mass is 16.9. The third-order valence-electron chi connectivity index (χ3n) is 3.29. The molecule has 0 amide bonds. The molecule has 112 valence electrons. The van der Waals surface area contributed by atoms with Crippen LogP contribution in [0, 0.1) is 0 Å². The van der Waals surface area contributed by atoms with Crippen LogP contribution in [-0.2, 0) is 42.7 Å². The van der Waals surface area contributed by atoms with Crippen LogP contribution in [0.2, 0.25) is 0 Å². The van der Waals surface area contributed by atoms with Gasteiger partial charge in [-0.15, -0.1) is 0 Å². The predicted molar refractivity (Wildman–Crippen MR) is 57.1 cm³/mol. The lowest BCUT2D eigenvalue weighted by atomic mass is 10.1. The lowest BCUT2D eigenvalue weighted by Gasteiger charge is -2.31. The fourth-order valence-corrected chi connectivity index (χ4v) is 2.33. The lowest BCUT2D eigenvalue weighted by molar-refractivity contribution is -0.268. The van der Waals surface area contributed by atoms with Crippen LogP contribution < -0.4 is 0 Å². The van der Waals surface area contributed by atoms with Crippen molar-refractivity contribution in [3.05, 3.63) is 0 Å². The Morgan fingerprint density at radius 2 is 1.55 bits per heavy atom. The van der Waals surface area contributed by atoms with Gasteiger partial charge < -0.3 is 33.2 Å². The Morgan fingerprint density at radius 1 is 0.900 bits per heavy atom. The first-order chi connectivity index (χ1) is 9.63. The molecule has 3 rings (SSSR count). The van der Waals surface area contributed by atoms with E-state index in [0.717, 1.165) is 0 Å². The van der Waals surface area contributed by atoms with Crippen LogP contribution in [0.3, 0.4) is 0 Å². The molecule has 6 atom stereocenters. The second-order valence-electron chi connectivity index (χ2n) is 4.42. The Labute approximate surface area is 113 Å². The van der Waals surface area contributed by atoms with Gasteiger partial charge in [-0.3, -0.25) is 0 Å². The van der Waals surface area contributed by atoms with E-state index in [9.17, 15) is 9.59 Å². The summed E-state index contributed by atoms with van der Waals surface area (Å²) in [5, 5.41) is 0. The zero-order chi connectivity index (χ0) is 14.3. The quantitative estimate of drug-likeness (QED) is 0.565. The number of hydrogen-bond donors (Lipinski definition) is 0. The standard InChI is InChI=1S/C11H14O9/c1-14-7(12)10-16-3-4-5(18-10)6-9(17-4)20-11(19-6)8(13)15-2/h4-6,9-11H,3H2,1-2H3. The monoisotopic (exact) mass is 290 g/mol. The van der Waals surface area contributed by atoms with Gasteiger partial charge in [0, 0.05) is 0 Å². The Hall–Kier alpha value is -1.26. The molecule has 0 radical (unpaired) electrons. The minimum Gasteiger partial charge on any atom is -0.465 e. The van der Waals surface area contributed by atoms with Crippen LogP contribution in [0.4, 0.5) is 0 Å². The van der Waals surface area contributed by atoms with Gasteiger partial charge in [-0.2, -0.15) is 0 Å². The van der Waals surface area contributed by atoms with E-state index >= 15 is 0 Å². The second kappa shape index (κ2) is 5.26. The minimum absolute atomic E-state index is 0.146. The Kier molecular flexibility index (Phi) is 3.61. The van der Waals surface area contributed by atoms with Crippen LogP contribution in [0.15, 0.2) is 0 Å². The average molecular weight is 290 g/mol. The normalized spacial score (nSPS) is 42.7. The zero-order valence-corrected chi connectivity index (χ0v) is 10.8. The highest BCUT2D eigenvalue weighted by Crippen LogP contribution is 2.37. The number of methoxy groups -OCH3 is 2. The van der Waals surface area contributed by atoms with Gasteiger partial charge in [-0.1, -0.05) is 0 Å². The molecule has 0 spiro atoms. The van der Waals surface area contributed by atoms with E-state index in [1.54, 1.807) is 0 Å². The molecule has 3 aliphatic rings. The summed E-state index contributed by atoms with van der Waals surface area (Å²) in [5.74, 6) is -1.30. The van der Waals surface area contributed by atoms with Crippen LogP contribution in [-0.4, -0.2) is 69.9 Å². The van der Waals surface area contributed by atoms with Gasteiger partial charge in [0.05, 0.1) is 20.8 Å². The maximum absolute atomic E-state index is 11.4. The molecule has 0 bridgehead atoms. The molecule has 0 N–H and O–H groups in total. The van der Waals surface area contributed by atoms with Crippen LogP contribution in [0.1, 0.15) is 0 Å². The lowest BCUT2D eigenvalue weighted by Crippen LogP contribution is -2.49. The van der Waals surface area contributed by atoms with Crippen molar-refractivity contribution in [3.8, 4) is 0 Å². The summed E-state index contributed by atoms with van der Waals surface area (Å²) >= 11 is 0. The minimum atomic E-state index is -1.15. The van der Waals surface area contributed by atoms with Gasteiger partial charge in [0.2, 0.25) is 0 Å². The highest BCUT2D eigenvalue weighted by molar-refractivity contribution is 5.73. The summed E-state index contributed by atoms with van der Waals surface area (Å²) < 4.78 is 35.9. The molecule has 3 aliphatic heterocycles. The van der Waals surface area contributed by atoms with Crippen molar-refractivity contribution in [1.82, 2.24) is 0 Å². The van der Waals surface area contributed by atoms with Gasteiger partial charge in [0.15, 0.2) is 6.29 Å². The fraction of sp³-hybridized carbons (Fsp3) is 0.818. The maximum Gasteiger partial charge on any atom is 0.363 e. The van der Waals surface area contributed by atoms with Gasteiger partial charge in [0.1, 0.15) is 18.3 Å². The molecule has 6 unspecified atom stereocenters. The first-order valence-corrected chi connectivity index (χ1v) is 6.03. The van der Waals surface area contributed by atoms with Crippen molar-refractivity contribution in [2.24, 2.45) is 0 Å². The van der Waals surface area contributed by atoms with Gasteiger partial charge >= 0.3 is 11.9 Å². The molecule has 0 aromatic carbocycles. The third kappa shape index (κ3) is 2.17. The molecule has 9 nitrogen and oxygen atoms in total. The third-order valence-corrected chi connectivity index (χ3v) is 3.29. The van der Waals surface area contributed by atoms with Crippen molar-refractivity contribution in [3.63, 3.8) is 0 Å². The summed E-state index contributed by atoms with van der Waals surface area (Å²) in [5.41, 5.74) is 0. The Balaban J connectivity index is 1.67. The fourth-order valence-electron chi connectivity index (χ4n) is 2.33. The molecule has 0 aromatic rings. The summed E-state index contributed by atoms with van der Waals surface area (Å²) in [4.78, 5) is 22.8. The molecule has 3 saturated heterocycles. The van der Waals surface area contributed by atoms with Crippen molar-refractivity contribution < 1.29 is 42.7 Å². The first-order valence-electron chi connectivity index (χ1n) is 6.03. The van der Waals surface area contributed by atoms with Crippen LogP contribution >= 0.6 is 0 Å². The topological polar surface area (TPSA) is 98.8 Å². The molecule has 3 heterocycles. The van der Waals surface area contributed by atoms with Gasteiger partial charge in [-0.25, -0.2) is 9.59 Å². The Bertz CT molecular complexity index is 411. The summed E-state index contributed by atoms with van der Waals surface area (Å²) in [6.07, 6.45) is -4.67. The van der Waals surface area contributed by atoms with E-state index < -0.39 is 49.1 Å². The van der Waals surface area contributed by atoms with E-state index in [1.165, 1.54) is 14.2 Å². The second-order valence-corrected chi connectivity index (χ2v) is 4.42. The highest BCUT2D eigenvalue weighted by Gasteiger charge is 2.57. The van der Waals surface area contributed by atoms with Crippen LogP contribution in [0.5, 0.6) is 0 Å². The van der Waals surface area contributed by atoms with E-state index in [1.807, 2.05) is 0 Å². The van der Waals surface area contributed by atoms with E-state index in [2.05, 4.69) is 9.47 Å². The molecular weight excluding hydrogens is 276 g/mol. The number of hydrogen-bond acceptors (Lipinski definition) is 9. The molecular formula is C11H14O9. The van der Waals surface area contributed by atoms with E-state index in [-0.39, 0.29) is 6.61 Å².